The van der Waals surface area contributed by atoms with Crippen molar-refractivity contribution in [3.8, 4) is 0 Å². The predicted molar refractivity (Wildman–Crippen MR) is 80.8 cm³/mol. The van der Waals surface area contributed by atoms with Crippen molar-refractivity contribution in [2.24, 2.45) is 5.73 Å². The molecule has 20 heavy (non-hydrogen) atoms. The van der Waals surface area contributed by atoms with Crippen LogP contribution in [-0.4, -0.2) is 36.1 Å². The number of hydrogen-bond donors (Lipinski definition) is 1. The first-order chi connectivity index (χ1) is 9.88. The summed E-state index contributed by atoms with van der Waals surface area (Å²) >= 11 is 0. The number of anilines is 2. The molecule has 0 unspecified atom stereocenters. The molecular weight excluding hydrogens is 250 g/mol. The van der Waals surface area contributed by atoms with Crippen LogP contribution >= 0.6 is 0 Å². The Balaban J connectivity index is 1.70. The summed E-state index contributed by atoms with van der Waals surface area (Å²) in [7, 11) is 0. The quantitative estimate of drug-likeness (QED) is 0.909. The highest BCUT2D eigenvalue weighted by atomic mass is 15.3. The van der Waals surface area contributed by atoms with Gasteiger partial charge in [-0.15, -0.1) is 0 Å². The van der Waals surface area contributed by atoms with Crippen LogP contribution in [0.2, 0.25) is 0 Å². The molecule has 104 valence electrons. The smallest absolute Gasteiger partial charge is 0.128 e. The van der Waals surface area contributed by atoms with Crippen LogP contribution in [0.15, 0.2) is 42.7 Å². The Morgan fingerprint density at radius 3 is 2.35 bits per heavy atom. The first kappa shape index (κ1) is 12.9. The van der Waals surface area contributed by atoms with Crippen LogP contribution in [0.4, 0.5) is 11.5 Å². The van der Waals surface area contributed by atoms with Gasteiger partial charge in [0.2, 0.25) is 0 Å². The molecule has 5 heteroatoms. The van der Waals surface area contributed by atoms with Gasteiger partial charge in [-0.1, -0.05) is 6.07 Å². The molecule has 0 aliphatic carbocycles. The number of hydrogen-bond acceptors (Lipinski definition) is 5. The van der Waals surface area contributed by atoms with Gasteiger partial charge in [0, 0.05) is 45.1 Å². The largest absolute Gasteiger partial charge is 0.366 e. The second kappa shape index (κ2) is 5.88. The van der Waals surface area contributed by atoms with Crippen LogP contribution in [-0.2, 0) is 6.54 Å². The van der Waals surface area contributed by atoms with Crippen LogP contribution in [0.1, 0.15) is 5.69 Å². The number of nitrogens with zero attached hydrogens (tertiary/aromatic N) is 4. The molecule has 0 spiro atoms. The van der Waals surface area contributed by atoms with Crippen molar-refractivity contribution in [3.63, 3.8) is 0 Å². The van der Waals surface area contributed by atoms with E-state index < -0.39 is 0 Å². The lowest BCUT2D eigenvalue weighted by Crippen LogP contribution is -2.47. The van der Waals surface area contributed by atoms with E-state index in [1.165, 1.54) is 0 Å². The normalized spacial score (nSPS) is 15.4. The predicted octanol–water partition coefficient (Wildman–Crippen LogP) is 1.26. The molecule has 5 nitrogen and oxygen atoms in total. The third-order valence-electron chi connectivity index (χ3n) is 3.65. The van der Waals surface area contributed by atoms with Gasteiger partial charge < -0.3 is 15.5 Å². The Kier molecular flexibility index (Phi) is 3.78. The van der Waals surface area contributed by atoms with E-state index in [1.807, 2.05) is 24.4 Å². The molecule has 2 aromatic heterocycles. The van der Waals surface area contributed by atoms with Gasteiger partial charge in [0.05, 0.1) is 11.4 Å². The topological polar surface area (TPSA) is 58.3 Å². The molecule has 0 saturated carbocycles. The maximum atomic E-state index is 5.77. The molecule has 3 rings (SSSR count). The van der Waals surface area contributed by atoms with Crippen LogP contribution in [0, 0.1) is 0 Å². The fraction of sp³-hybridized carbons (Fsp3) is 0.333. The lowest BCUT2D eigenvalue weighted by Gasteiger charge is -2.37. The average molecular weight is 269 g/mol. The lowest BCUT2D eigenvalue weighted by molar-refractivity contribution is 0.643. The second-order valence-corrected chi connectivity index (χ2v) is 4.84. The fourth-order valence-corrected chi connectivity index (χ4v) is 2.59. The Bertz CT molecular complexity index is 549. The molecular formula is C15H19N5. The summed E-state index contributed by atoms with van der Waals surface area (Å²) in [6.45, 7) is 4.35. The van der Waals surface area contributed by atoms with Gasteiger partial charge in [0.1, 0.15) is 5.82 Å². The Labute approximate surface area is 119 Å². The van der Waals surface area contributed by atoms with Gasteiger partial charge in [-0.2, -0.15) is 0 Å². The van der Waals surface area contributed by atoms with E-state index in [4.69, 9.17) is 5.73 Å². The minimum atomic E-state index is 0.483. The molecule has 2 N–H and O–H groups in total. The van der Waals surface area contributed by atoms with E-state index >= 15 is 0 Å². The highest BCUT2D eigenvalue weighted by Crippen LogP contribution is 2.21. The van der Waals surface area contributed by atoms with Crippen LogP contribution in [0.5, 0.6) is 0 Å². The first-order valence-electron chi connectivity index (χ1n) is 6.93. The van der Waals surface area contributed by atoms with Crippen LogP contribution in [0.25, 0.3) is 0 Å². The van der Waals surface area contributed by atoms with Gasteiger partial charge >= 0.3 is 0 Å². The zero-order chi connectivity index (χ0) is 13.8. The van der Waals surface area contributed by atoms with Crippen molar-refractivity contribution in [1.82, 2.24) is 9.97 Å². The zero-order valence-corrected chi connectivity index (χ0v) is 11.4. The van der Waals surface area contributed by atoms with E-state index in [0.717, 1.165) is 43.4 Å². The highest BCUT2D eigenvalue weighted by molar-refractivity contribution is 5.52. The summed E-state index contributed by atoms with van der Waals surface area (Å²) < 4.78 is 0. The number of rotatable bonds is 3. The summed E-state index contributed by atoms with van der Waals surface area (Å²) in [4.78, 5) is 13.4. The van der Waals surface area contributed by atoms with Crippen molar-refractivity contribution in [2.75, 3.05) is 36.0 Å². The van der Waals surface area contributed by atoms with Gasteiger partial charge in [0.25, 0.3) is 0 Å². The van der Waals surface area contributed by atoms with Crippen molar-refractivity contribution >= 4 is 11.5 Å². The van der Waals surface area contributed by atoms with Crippen molar-refractivity contribution in [3.05, 3.63) is 48.4 Å². The van der Waals surface area contributed by atoms with Crippen molar-refractivity contribution < 1.29 is 0 Å². The molecule has 2 aromatic rings. The summed E-state index contributed by atoms with van der Waals surface area (Å²) in [6.07, 6.45) is 3.64. The Morgan fingerprint density at radius 1 is 0.900 bits per heavy atom. The molecule has 3 heterocycles. The van der Waals surface area contributed by atoms with E-state index in [1.54, 1.807) is 6.20 Å². The zero-order valence-electron chi connectivity index (χ0n) is 11.4. The number of piperazine rings is 1. The monoisotopic (exact) mass is 269 g/mol. The van der Waals surface area contributed by atoms with Gasteiger partial charge in [-0.3, -0.25) is 4.98 Å². The van der Waals surface area contributed by atoms with E-state index in [2.05, 4.69) is 31.9 Å². The molecule has 0 amide bonds. The maximum Gasteiger partial charge on any atom is 0.128 e. The minimum Gasteiger partial charge on any atom is -0.366 e. The summed E-state index contributed by atoms with van der Waals surface area (Å²) in [5.41, 5.74) is 7.90. The van der Waals surface area contributed by atoms with E-state index in [9.17, 15) is 0 Å². The first-order valence-corrected chi connectivity index (χ1v) is 6.93. The summed E-state index contributed by atoms with van der Waals surface area (Å²) in [6, 6.07) is 10.1. The second-order valence-electron chi connectivity index (χ2n) is 4.84. The highest BCUT2D eigenvalue weighted by Gasteiger charge is 2.19. The van der Waals surface area contributed by atoms with Crippen LogP contribution in [0.3, 0.4) is 0 Å². The molecule has 0 bridgehead atoms. The van der Waals surface area contributed by atoms with Crippen molar-refractivity contribution in [1.29, 1.82) is 0 Å². The van der Waals surface area contributed by atoms with E-state index in [-0.39, 0.29) is 0 Å². The Morgan fingerprint density at radius 2 is 1.65 bits per heavy atom. The third-order valence-corrected chi connectivity index (χ3v) is 3.65. The van der Waals surface area contributed by atoms with Crippen molar-refractivity contribution in [2.45, 2.75) is 6.54 Å². The number of pyridine rings is 2. The average Bonchev–Trinajstić information content (AvgIpc) is 2.56. The maximum absolute atomic E-state index is 5.77. The molecule has 0 radical (unpaired) electrons. The minimum absolute atomic E-state index is 0.483. The Hall–Kier alpha value is -2.14. The molecule has 1 aliphatic rings. The van der Waals surface area contributed by atoms with Gasteiger partial charge in [0.15, 0.2) is 0 Å². The lowest BCUT2D eigenvalue weighted by atomic mass is 10.2. The molecule has 1 fully saturated rings. The molecule has 1 aliphatic heterocycles. The van der Waals surface area contributed by atoms with E-state index in [0.29, 0.717) is 6.54 Å². The van der Waals surface area contributed by atoms with Crippen LogP contribution < -0.4 is 15.5 Å². The SMILES string of the molecule is NCc1ncccc1N1CCN(c2ccccn2)CC1. The number of nitrogens with two attached hydrogens (primary N) is 1. The standard InChI is InChI=1S/C15H19N5/c16-12-13-14(4-3-7-17-13)19-8-10-20(11-9-19)15-5-1-2-6-18-15/h1-7H,8-12,16H2. The fourth-order valence-electron chi connectivity index (χ4n) is 2.59. The molecule has 0 aromatic carbocycles. The van der Waals surface area contributed by atoms with Gasteiger partial charge in [-0.25, -0.2) is 4.98 Å². The molecule has 1 saturated heterocycles. The molecule has 0 atom stereocenters. The van der Waals surface area contributed by atoms with Gasteiger partial charge in [-0.05, 0) is 24.3 Å². The third kappa shape index (κ3) is 2.58. The summed E-state index contributed by atoms with van der Waals surface area (Å²) in [5, 5.41) is 0. The summed E-state index contributed by atoms with van der Waals surface area (Å²) in [5.74, 6) is 1.05. The number of aromatic nitrogens is 2.